The van der Waals surface area contributed by atoms with Gasteiger partial charge in [0, 0.05) is 32.4 Å². The van der Waals surface area contributed by atoms with E-state index >= 15 is 0 Å². The number of benzene rings is 2. The third-order valence-corrected chi connectivity index (χ3v) is 6.66. The van der Waals surface area contributed by atoms with E-state index in [2.05, 4.69) is 10.0 Å². The van der Waals surface area contributed by atoms with E-state index in [1.165, 1.54) is 19.2 Å². The van der Waals surface area contributed by atoms with Gasteiger partial charge < -0.3 is 19.5 Å². The van der Waals surface area contributed by atoms with Gasteiger partial charge in [-0.2, -0.15) is 0 Å². The Hall–Kier alpha value is -2.46. The van der Waals surface area contributed by atoms with Crippen molar-refractivity contribution in [1.29, 1.82) is 0 Å². The number of carbonyl (C=O) groups is 1. The van der Waals surface area contributed by atoms with Gasteiger partial charge in [0.25, 0.3) is 5.91 Å². The highest BCUT2D eigenvalue weighted by Gasteiger charge is 2.18. The Morgan fingerprint density at radius 1 is 1.19 bits per heavy atom. The fourth-order valence-electron chi connectivity index (χ4n) is 3.32. The smallest absolute Gasteiger partial charge is 0.251 e. The summed E-state index contributed by atoms with van der Waals surface area (Å²) in [5.41, 5.74) is 1.91. The maximum absolute atomic E-state index is 12.7. The van der Waals surface area contributed by atoms with Gasteiger partial charge in [0.2, 0.25) is 10.0 Å². The lowest BCUT2D eigenvalue weighted by Gasteiger charge is -2.13. The fraction of sp³-hybridized carbons (Fsp3) is 0.435. The molecule has 1 fully saturated rings. The molecule has 0 saturated carbocycles. The first-order valence-electron chi connectivity index (χ1n) is 10.6. The van der Waals surface area contributed by atoms with Crippen LogP contribution in [0.5, 0.6) is 5.75 Å². The molecule has 0 spiro atoms. The first-order chi connectivity index (χ1) is 15.4. The zero-order valence-corrected chi connectivity index (χ0v) is 19.2. The maximum Gasteiger partial charge on any atom is 0.251 e. The molecule has 0 radical (unpaired) electrons. The number of hydrogen-bond acceptors (Lipinski definition) is 6. The number of ether oxygens (including phenoxy) is 3. The number of sulfonamides is 1. The monoisotopic (exact) mass is 462 g/mol. The van der Waals surface area contributed by atoms with E-state index in [1.807, 2.05) is 24.3 Å². The van der Waals surface area contributed by atoms with Gasteiger partial charge in [-0.05, 0) is 55.2 Å². The van der Waals surface area contributed by atoms with Crippen LogP contribution in [0.25, 0.3) is 0 Å². The first kappa shape index (κ1) is 24.2. The highest BCUT2D eigenvalue weighted by molar-refractivity contribution is 7.89. The third-order valence-electron chi connectivity index (χ3n) is 5.20. The Balaban J connectivity index is 1.57. The number of methoxy groups -OCH3 is 1. The molecule has 32 heavy (non-hydrogen) atoms. The molecule has 1 aliphatic heterocycles. The summed E-state index contributed by atoms with van der Waals surface area (Å²) in [5.74, 6) is 0.417. The summed E-state index contributed by atoms with van der Waals surface area (Å²) in [4.78, 5) is 12.7. The van der Waals surface area contributed by atoms with Gasteiger partial charge in [-0.3, -0.25) is 4.79 Å². The Morgan fingerprint density at radius 3 is 2.66 bits per heavy atom. The summed E-state index contributed by atoms with van der Waals surface area (Å²) in [7, 11) is -2.23. The Morgan fingerprint density at radius 2 is 1.97 bits per heavy atom. The number of rotatable bonds is 11. The van der Waals surface area contributed by atoms with E-state index in [-0.39, 0.29) is 30.1 Å². The molecule has 0 bridgehead atoms. The fourth-order valence-corrected chi connectivity index (χ4v) is 4.36. The van der Waals surface area contributed by atoms with Crippen LogP contribution in [0.15, 0.2) is 47.4 Å². The SMILES string of the molecule is COCCNS(=O)(=O)c1ccc(C)c(C(=O)NCc2ccc(OCC3CCCO3)cc2)c1. The molecule has 8 nitrogen and oxygen atoms in total. The summed E-state index contributed by atoms with van der Waals surface area (Å²) in [6, 6.07) is 12.0. The molecular formula is C23H30N2O6S. The average molecular weight is 463 g/mol. The molecule has 9 heteroatoms. The van der Waals surface area contributed by atoms with Crippen LogP contribution < -0.4 is 14.8 Å². The van der Waals surface area contributed by atoms with Crippen molar-refractivity contribution in [2.45, 2.75) is 37.3 Å². The van der Waals surface area contributed by atoms with Gasteiger partial charge in [0.1, 0.15) is 12.4 Å². The predicted octanol–water partition coefficient (Wildman–Crippen LogP) is 2.41. The predicted molar refractivity (Wildman–Crippen MR) is 120 cm³/mol. The summed E-state index contributed by atoms with van der Waals surface area (Å²) in [6.45, 7) is 3.83. The van der Waals surface area contributed by atoms with E-state index in [0.29, 0.717) is 24.3 Å². The normalized spacial score (nSPS) is 16.1. The number of carbonyl (C=O) groups excluding carboxylic acids is 1. The molecule has 0 aliphatic carbocycles. The molecule has 1 heterocycles. The van der Waals surface area contributed by atoms with Crippen LogP contribution in [0, 0.1) is 6.92 Å². The molecule has 1 aliphatic rings. The topological polar surface area (TPSA) is 103 Å². The summed E-state index contributed by atoms with van der Waals surface area (Å²) < 4.78 is 43.5. The molecule has 3 rings (SSSR count). The largest absolute Gasteiger partial charge is 0.491 e. The average Bonchev–Trinajstić information content (AvgIpc) is 3.31. The Labute approximate surface area is 189 Å². The van der Waals surface area contributed by atoms with E-state index < -0.39 is 10.0 Å². The van der Waals surface area contributed by atoms with Crippen LogP contribution in [0.3, 0.4) is 0 Å². The molecule has 2 aromatic rings. The van der Waals surface area contributed by atoms with E-state index in [1.54, 1.807) is 13.0 Å². The highest BCUT2D eigenvalue weighted by atomic mass is 32.2. The van der Waals surface area contributed by atoms with Crippen molar-refractivity contribution in [3.05, 3.63) is 59.2 Å². The minimum Gasteiger partial charge on any atom is -0.491 e. The van der Waals surface area contributed by atoms with Crippen LogP contribution in [0.1, 0.15) is 34.3 Å². The van der Waals surface area contributed by atoms with Crippen molar-refractivity contribution < 1.29 is 27.4 Å². The number of hydrogen-bond donors (Lipinski definition) is 2. The van der Waals surface area contributed by atoms with Gasteiger partial charge in [-0.25, -0.2) is 13.1 Å². The molecule has 0 aromatic heterocycles. The van der Waals surface area contributed by atoms with Crippen LogP contribution in [0.4, 0.5) is 0 Å². The second-order valence-corrected chi connectivity index (χ2v) is 9.41. The zero-order chi connectivity index (χ0) is 23.0. The molecule has 2 aromatic carbocycles. The second-order valence-electron chi connectivity index (χ2n) is 7.64. The Bertz CT molecular complexity index is 1000. The third kappa shape index (κ3) is 6.77. The number of amides is 1. The maximum atomic E-state index is 12.7. The van der Waals surface area contributed by atoms with Gasteiger partial charge in [0.15, 0.2) is 0 Å². The van der Waals surface area contributed by atoms with Crippen LogP contribution >= 0.6 is 0 Å². The van der Waals surface area contributed by atoms with E-state index in [4.69, 9.17) is 14.2 Å². The van der Waals surface area contributed by atoms with Crippen molar-refractivity contribution in [2.75, 3.05) is 33.5 Å². The van der Waals surface area contributed by atoms with Gasteiger partial charge in [0.05, 0.1) is 17.6 Å². The molecule has 2 N–H and O–H groups in total. The quantitative estimate of drug-likeness (QED) is 0.497. The minimum absolute atomic E-state index is 0.0390. The molecule has 174 valence electrons. The van der Waals surface area contributed by atoms with Crippen molar-refractivity contribution in [1.82, 2.24) is 10.0 Å². The molecule has 1 saturated heterocycles. The number of aryl methyl sites for hydroxylation is 1. The molecular weight excluding hydrogens is 432 g/mol. The van der Waals surface area contributed by atoms with Crippen molar-refractivity contribution in [3.63, 3.8) is 0 Å². The lowest BCUT2D eigenvalue weighted by molar-refractivity contribution is 0.0679. The first-order valence-corrected chi connectivity index (χ1v) is 12.1. The van der Waals surface area contributed by atoms with Crippen LogP contribution in [-0.4, -0.2) is 53.9 Å². The molecule has 1 amide bonds. The Kier molecular flexibility index (Phi) is 8.63. The summed E-state index contributed by atoms with van der Waals surface area (Å²) in [5, 5.41) is 2.85. The summed E-state index contributed by atoms with van der Waals surface area (Å²) in [6.07, 6.45) is 2.26. The molecule has 1 atom stereocenters. The van der Waals surface area contributed by atoms with Gasteiger partial charge in [-0.1, -0.05) is 18.2 Å². The summed E-state index contributed by atoms with van der Waals surface area (Å²) >= 11 is 0. The zero-order valence-electron chi connectivity index (χ0n) is 18.4. The standard InChI is InChI=1S/C23H30N2O6S/c1-17-5-10-21(32(27,28)25-11-13-29-2)14-22(17)23(26)24-15-18-6-8-19(9-7-18)31-16-20-4-3-12-30-20/h5-10,14,20,25H,3-4,11-13,15-16H2,1-2H3,(H,24,26). The molecule has 1 unspecified atom stereocenters. The van der Waals surface area contributed by atoms with Gasteiger partial charge >= 0.3 is 0 Å². The van der Waals surface area contributed by atoms with Crippen molar-refractivity contribution in [3.8, 4) is 5.75 Å². The van der Waals surface area contributed by atoms with E-state index in [0.717, 1.165) is 30.8 Å². The van der Waals surface area contributed by atoms with Crippen LogP contribution in [-0.2, 0) is 26.0 Å². The second kappa shape index (κ2) is 11.4. The van der Waals surface area contributed by atoms with Crippen molar-refractivity contribution in [2.24, 2.45) is 0 Å². The lowest BCUT2D eigenvalue weighted by atomic mass is 10.1. The minimum atomic E-state index is -3.72. The van der Waals surface area contributed by atoms with Crippen LogP contribution in [0.2, 0.25) is 0 Å². The lowest BCUT2D eigenvalue weighted by Crippen LogP contribution is -2.28. The van der Waals surface area contributed by atoms with Gasteiger partial charge in [-0.15, -0.1) is 0 Å². The van der Waals surface area contributed by atoms with E-state index in [9.17, 15) is 13.2 Å². The highest BCUT2D eigenvalue weighted by Crippen LogP contribution is 2.18. The van der Waals surface area contributed by atoms with Crippen molar-refractivity contribution >= 4 is 15.9 Å². The number of nitrogens with one attached hydrogen (secondary N) is 2.